The lowest BCUT2D eigenvalue weighted by Gasteiger charge is -2.34. The molecule has 83 heavy (non-hydrogen) atoms. The molecule has 0 bridgehead atoms. The quantitative estimate of drug-likeness (QED) is 0.0244. The Morgan fingerprint density at radius 2 is 0.759 bits per heavy atom. The molecular weight excluding hydrogens is 1040 g/mol. The minimum absolute atomic E-state index is 0.143. The van der Waals surface area contributed by atoms with E-state index in [4.69, 9.17) is 41.3 Å². The fourth-order valence-corrected chi connectivity index (χ4v) is 9.65. The van der Waals surface area contributed by atoms with E-state index in [-0.39, 0.29) is 73.1 Å². The van der Waals surface area contributed by atoms with E-state index in [1.54, 1.807) is 97.1 Å². The van der Waals surface area contributed by atoms with Crippen molar-refractivity contribution in [3.05, 3.63) is 286 Å². The van der Waals surface area contributed by atoms with Crippen LogP contribution in [0.25, 0.3) is 11.1 Å². The van der Waals surface area contributed by atoms with Crippen LogP contribution in [0.5, 0.6) is 11.5 Å². The Morgan fingerprint density at radius 1 is 0.422 bits per heavy atom. The number of carbonyl (C=O) groups excluding carboxylic acids is 6. The molecular formula is C71H54O12. The minimum atomic E-state index is -1.04. The summed E-state index contributed by atoms with van der Waals surface area (Å²) in [6.45, 7) is 5.98. The summed E-state index contributed by atoms with van der Waals surface area (Å²) in [5, 5.41) is 0. The lowest BCUT2D eigenvalue weighted by atomic mass is 9.68. The van der Waals surface area contributed by atoms with Gasteiger partial charge in [0.2, 0.25) is 0 Å². The Bertz CT molecular complexity index is 3540. The molecule has 2 atom stereocenters. The van der Waals surface area contributed by atoms with Crippen LogP contribution >= 0.6 is 0 Å². The molecule has 0 spiro atoms. The number of carbonyl (C=O) groups is 6. The van der Waals surface area contributed by atoms with Crippen molar-refractivity contribution < 1.29 is 57.2 Å². The molecule has 12 heteroatoms. The highest BCUT2D eigenvalue weighted by molar-refractivity contribution is 5.94. The molecule has 1 aliphatic carbocycles. The summed E-state index contributed by atoms with van der Waals surface area (Å²) in [6, 6.07) is 57.3. The second-order valence-corrected chi connectivity index (χ2v) is 19.3. The zero-order valence-electron chi connectivity index (χ0n) is 45.0. The Hall–Kier alpha value is -10.8. The summed E-state index contributed by atoms with van der Waals surface area (Å²) in [5.74, 6) is 2.96. The third-order valence-electron chi connectivity index (χ3n) is 13.9. The van der Waals surface area contributed by atoms with Gasteiger partial charge in [0.15, 0.2) is 23.8 Å². The minimum Gasteiger partial charge on any atom is -0.490 e. The smallest absolute Gasteiger partial charge is 0.338 e. The van der Waals surface area contributed by atoms with Crippen molar-refractivity contribution in [2.24, 2.45) is 0 Å². The third-order valence-corrected chi connectivity index (χ3v) is 13.9. The van der Waals surface area contributed by atoms with Crippen molar-refractivity contribution in [3.63, 3.8) is 0 Å². The van der Waals surface area contributed by atoms with E-state index in [0.717, 1.165) is 33.4 Å². The normalized spacial score (nSPS) is 12.3. The molecule has 0 fully saturated rings. The van der Waals surface area contributed by atoms with Gasteiger partial charge in [-0.2, -0.15) is 0 Å². The number of rotatable bonds is 24. The molecule has 0 saturated carbocycles. The van der Waals surface area contributed by atoms with Crippen molar-refractivity contribution in [2.75, 3.05) is 26.4 Å². The van der Waals surface area contributed by atoms with Gasteiger partial charge in [-0.3, -0.25) is 9.59 Å². The van der Waals surface area contributed by atoms with Crippen molar-refractivity contribution >= 4 is 35.4 Å². The van der Waals surface area contributed by atoms with Crippen LogP contribution in [0.2, 0.25) is 0 Å². The molecule has 2 unspecified atom stereocenters. The monoisotopic (exact) mass is 1100 g/mol. The lowest BCUT2D eigenvalue weighted by molar-refractivity contribution is -0.114. The molecule has 9 rings (SSSR count). The van der Waals surface area contributed by atoms with Crippen molar-refractivity contribution in [1.29, 1.82) is 0 Å². The summed E-state index contributed by atoms with van der Waals surface area (Å²) in [5.41, 5.74) is 8.71. The predicted molar refractivity (Wildman–Crippen MR) is 313 cm³/mol. The summed E-state index contributed by atoms with van der Waals surface area (Å²) < 4.78 is 35.7. The number of hydrogen-bond donors (Lipinski definition) is 0. The average molecular weight is 1100 g/mol. The molecule has 12 nitrogen and oxygen atoms in total. The highest BCUT2D eigenvalue weighted by atomic mass is 16.6. The summed E-state index contributed by atoms with van der Waals surface area (Å²) in [7, 11) is 0. The second kappa shape index (κ2) is 26.4. The Labute approximate surface area is 480 Å². The molecule has 0 N–H and O–H groups in total. The number of ketones is 2. The van der Waals surface area contributed by atoms with Gasteiger partial charge in [-0.05, 0) is 154 Å². The molecule has 0 saturated heterocycles. The second-order valence-electron chi connectivity index (χ2n) is 19.3. The van der Waals surface area contributed by atoms with Crippen LogP contribution < -0.4 is 9.47 Å². The topological polar surface area (TPSA) is 158 Å². The first-order valence-electron chi connectivity index (χ1n) is 26.4. The highest BCUT2D eigenvalue weighted by Crippen LogP contribution is 2.56. The Kier molecular flexibility index (Phi) is 18.1. The summed E-state index contributed by atoms with van der Waals surface area (Å²) >= 11 is 0. The van der Waals surface area contributed by atoms with Crippen molar-refractivity contribution in [3.8, 4) is 47.3 Å². The highest BCUT2D eigenvalue weighted by Gasteiger charge is 2.46. The van der Waals surface area contributed by atoms with Gasteiger partial charge in [-0.1, -0.05) is 122 Å². The van der Waals surface area contributed by atoms with E-state index >= 15 is 0 Å². The van der Waals surface area contributed by atoms with Crippen LogP contribution in [0, 0.1) is 24.7 Å². The molecule has 0 aliphatic heterocycles. The van der Waals surface area contributed by atoms with Crippen LogP contribution in [-0.2, 0) is 46.8 Å². The third kappa shape index (κ3) is 13.4. The van der Waals surface area contributed by atoms with Crippen LogP contribution in [0.3, 0.4) is 0 Å². The number of terminal acetylenes is 2. The lowest BCUT2D eigenvalue weighted by Crippen LogP contribution is -2.31. The standard InChI is InChI=1S/C71H54O12/c1-5-47-17-25-53(26-18-47)69(76)82-61(45-80-67(74)51-29-21-49(22-30-51)41-57(72)7-3)43-78-59-37-33-55(34-38-59)71(65-15-11-9-13-63(65)64-14-10-12-16-66(64)71)56-35-39-60(40-36-56)79-44-62(83-70(77)54-27-19-48(6-2)20-28-54)46-81-68(75)52-31-23-50(24-32-52)42-58(73)8-4/h1-2,7-40,61-62H,3-4,41-46H2. The van der Waals surface area contributed by atoms with Gasteiger partial charge in [0.05, 0.1) is 27.7 Å². The maximum atomic E-state index is 13.5. The van der Waals surface area contributed by atoms with E-state index < -0.39 is 41.5 Å². The Balaban J connectivity index is 0.944. The van der Waals surface area contributed by atoms with Crippen LogP contribution in [-0.4, -0.2) is 74.1 Å². The number of esters is 4. The van der Waals surface area contributed by atoms with E-state index in [1.165, 1.54) is 12.2 Å². The number of fused-ring (bicyclic) bond motifs is 3. The van der Waals surface area contributed by atoms with E-state index in [0.29, 0.717) is 33.8 Å². The first-order valence-corrected chi connectivity index (χ1v) is 26.4. The zero-order valence-corrected chi connectivity index (χ0v) is 45.0. The summed E-state index contributed by atoms with van der Waals surface area (Å²) in [4.78, 5) is 77.2. The van der Waals surface area contributed by atoms with Gasteiger partial charge in [-0.25, -0.2) is 19.2 Å². The van der Waals surface area contributed by atoms with Crippen LogP contribution in [0.4, 0.5) is 0 Å². The molecule has 0 amide bonds. The number of allylic oxidation sites excluding steroid dienone is 2. The first kappa shape index (κ1) is 56.9. The molecule has 0 radical (unpaired) electrons. The van der Waals surface area contributed by atoms with Crippen molar-refractivity contribution in [2.45, 2.75) is 30.5 Å². The largest absolute Gasteiger partial charge is 0.490 e. The maximum Gasteiger partial charge on any atom is 0.338 e. The van der Waals surface area contributed by atoms with E-state index in [9.17, 15) is 28.8 Å². The number of ether oxygens (including phenoxy) is 6. The van der Waals surface area contributed by atoms with Gasteiger partial charge in [0.1, 0.15) is 37.9 Å². The Morgan fingerprint density at radius 3 is 1.11 bits per heavy atom. The molecule has 0 heterocycles. The van der Waals surface area contributed by atoms with Gasteiger partial charge in [0, 0.05) is 24.0 Å². The molecule has 410 valence electrons. The van der Waals surface area contributed by atoms with E-state index in [1.807, 2.05) is 72.8 Å². The zero-order chi connectivity index (χ0) is 58.3. The van der Waals surface area contributed by atoms with Crippen LogP contribution in [0.15, 0.2) is 219 Å². The predicted octanol–water partition coefficient (Wildman–Crippen LogP) is 11.5. The first-order chi connectivity index (χ1) is 40.4. The SMILES string of the molecule is C#Cc1ccc(C(=O)OC(COC(=O)c2ccc(CC(=O)C=C)cc2)COc2ccc(C3(c4ccc(OCC(COC(=O)c5ccc(CC(=O)C=C)cc5)OC(=O)c5ccc(C#C)cc5)cc4)c4ccccc4-c4ccccc43)cc2)cc1. The molecule has 0 aromatic heterocycles. The van der Waals surface area contributed by atoms with Gasteiger partial charge in [0.25, 0.3) is 0 Å². The summed E-state index contributed by atoms with van der Waals surface area (Å²) in [6.07, 6.45) is 11.7. The van der Waals surface area contributed by atoms with Gasteiger partial charge >= 0.3 is 23.9 Å². The van der Waals surface area contributed by atoms with Crippen molar-refractivity contribution in [1.82, 2.24) is 0 Å². The fraction of sp³-hybridized carbons (Fsp3) is 0.127. The molecule has 8 aromatic carbocycles. The number of hydrogen-bond acceptors (Lipinski definition) is 12. The van der Waals surface area contributed by atoms with Crippen LogP contribution in [0.1, 0.15) is 85.9 Å². The van der Waals surface area contributed by atoms with E-state index in [2.05, 4.69) is 49.3 Å². The molecule has 1 aliphatic rings. The number of benzene rings is 8. The van der Waals surface area contributed by atoms with Gasteiger partial charge < -0.3 is 28.4 Å². The average Bonchev–Trinajstić information content (AvgIpc) is 2.43. The maximum absolute atomic E-state index is 13.5. The van der Waals surface area contributed by atoms with Gasteiger partial charge in [-0.15, -0.1) is 12.8 Å². The molecule has 8 aromatic rings. The fourth-order valence-electron chi connectivity index (χ4n) is 9.65.